The minimum atomic E-state index is -0.133. The smallest absolute Gasteiger partial charge is 0.252 e. The number of halogens is 1. The molecule has 0 unspecified atom stereocenters. The molecule has 0 aromatic heterocycles. The van der Waals surface area contributed by atoms with Gasteiger partial charge in [0.1, 0.15) is 0 Å². The fourth-order valence-electron chi connectivity index (χ4n) is 3.27. The third kappa shape index (κ3) is 6.73. The minimum Gasteiger partial charge on any atom is -0.385 e. The lowest BCUT2D eigenvalue weighted by Gasteiger charge is -2.32. The van der Waals surface area contributed by atoms with Crippen LogP contribution in [0.5, 0.6) is 0 Å². The van der Waals surface area contributed by atoms with Crippen molar-refractivity contribution >= 4 is 29.1 Å². The van der Waals surface area contributed by atoms with E-state index < -0.39 is 0 Å². The number of piperidine rings is 1. The number of nitrogens with one attached hydrogen (secondary N) is 2. The maximum Gasteiger partial charge on any atom is 0.252 e. The van der Waals surface area contributed by atoms with Gasteiger partial charge in [0.2, 0.25) is 5.91 Å². The van der Waals surface area contributed by atoms with Crippen LogP contribution in [-0.4, -0.2) is 42.9 Å². The van der Waals surface area contributed by atoms with E-state index in [2.05, 4.69) is 24.5 Å². The summed E-state index contributed by atoms with van der Waals surface area (Å²) in [6, 6.07) is 5.47. The Labute approximate surface area is 167 Å². The molecule has 0 aliphatic carbocycles. The number of benzene rings is 1. The van der Waals surface area contributed by atoms with Crippen LogP contribution in [0.15, 0.2) is 18.2 Å². The molecular formula is C21H32ClN3O2. The first kappa shape index (κ1) is 21.5. The van der Waals surface area contributed by atoms with Crippen LogP contribution in [0.3, 0.4) is 0 Å². The quantitative estimate of drug-likeness (QED) is 0.696. The Hall–Kier alpha value is -1.75. The predicted octanol–water partition coefficient (Wildman–Crippen LogP) is 4.18. The van der Waals surface area contributed by atoms with Crippen molar-refractivity contribution < 1.29 is 9.59 Å². The lowest BCUT2D eigenvalue weighted by Crippen LogP contribution is -2.40. The maximum absolute atomic E-state index is 12.1. The van der Waals surface area contributed by atoms with Gasteiger partial charge in [0, 0.05) is 38.3 Å². The number of rotatable bonds is 8. The average Bonchev–Trinajstić information content (AvgIpc) is 2.64. The molecule has 2 rings (SSSR count). The minimum absolute atomic E-state index is 0.133. The molecule has 150 valence electrons. The van der Waals surface area contributed by atoms with E-state index in [1.54, 1.807) is 6.07 Å². The summed E-state index contributed by atoms with van der Waals surface area (Å²) in [4.78, 5) is 26.2. The van der Waals surface area contributed by atoms with E-state index in [1.807, 2.05) is 24.0 Å². The van der Waals surface area contributed by atoms with Crippen LogP contribution < -0.4 is 10.6 Å². The van der Waals surface area contributed by atoms with Gasteiger partial charge in [-0.15, -0.1) is 0 Å². The Morgan fingerprint density at radius 3 is 2.56 bits per heavy atom. The van der Waals surface area contributed by atoms with Crippen LogP contribution in [0.4, 0.5) is 5.69 Å². The molecule has 1 heterocycles. The van der Waals surface area contributed by atoms with Gasteiger partial charge in [-0.2, -0.15) is 0 Å². The van der Waals surface area contributed by atoms with Gasteiger partial charge >= 0.3 is 0 Å². The summed E-state index contributed by atoms with van der Waals surface area (Å²) in [5.41, 5.74) is 1.43. The van der Waals surface area contributed by atoms with E-state index in [4.69, 9.17) is 11.6 Å². The fourth-order valence-corrected chi connectivity index (χ4v) is 3.54. The monoisotopic (exact) mass is 393 g/mol. The number of hydrogen-bond acceptors (Lipinski definition) is 3. The van der Waals surface area contributed by atoms with E-state index in [0.717, 1.165) is 44.6 Å². The Kier molecular flexibility index (Phi) is 8.42. The molecule has 0 saturated carbocycles. The predicted molar refractivity (Wildman–Crippen MR) is 111 cm³/mol. The highest BCUT2D eigenvalue weighted by Gasteiger charge is 2.23. The summed E-state index contributed by atoms with van der Waals surface area (Å²) in [7, 11) is 0. The van der Waals surface area contributed by atoms with Crippen molar-refractivity contribution in [3.05, 3.63) is 28.8 Å². The standard InChI is InChI=1S/C21H32ClN3O2/c1-4-9-23-21(27)18-6-5-17(13-19(18)22)24-14-16-7-10-25(11-8-16)20(26)12-15(2)3/h5-6,13,15-16,24H,4,7-12,14H2,1-3H3,(H,23,27). The van der Waals surface area contributed by atoms with Crippen LogP contribution in [0, 0.1) is 11.8 Å². The molecule has 1 saturated heterocycles. The lowest BCUT2D eigenvalue weighted by molar-refractivity contribution is -0.133. The number of amides is 2. The number of hydrogen-bond donors (Lipinski definition) is 2. The molecule has 2 amide bonds. The summed E-state index contributed by atoms with van der Waals surface area (Å²) in [6.07, 6.45) is 3.56. The second-order valence-electron chi connectivity index (χ2n) is 7.75. The van der Waals surface area contributed by atoms with Crippen LogP contribution in [0.25, 0.3) is 0 Å². The zero-order valence-electron chi connectivity index (χ0n) is 16.7. The second kappa shape index (κ2) is 10.5. The summed E-state index contributed by atoms with van der Waals surface area (Å²) < 4.78 is 0. The summed E-state index contributed by atoms with van der Waals surface area (Å²) in [5, 5.41) is 6.72. The first-order valence-corrected chi connectivity index (χ1v) is 10.4. The Bertz CT molecular complexity index is 640. The van der Waals surface area contributed by atoms with Crippen molar-refractivity contribution in [3.8, 4) is 0 Å². The third-order valence-corrected chi connectivity index (χ3v) is 5.21. The molecule has 1 aliphatic heterocycles. The molecule has 2 N–H and O–H groups in total. The molecule has 6 heteroatoms. The molecule has 0 atom stereocenters. The van der Waals surface area contributed by atoms with Crippen molar-refractivity contribution in [1.29, 1.82) is 0 Å². The second-order valence-corrected chi connectivity index (χ2v) is 8.16. The highest BCUT2D eigenvalue weighted by atomic mass is 35.5. The molecule has 1 aromatic carbocycles. The largest absolute Gasteiger partial charge is 0.385 e. The van der Waals surface area contributed by atoms with Gasteiger partial charge < -0.3 is 15.5 Å². The number of carbonyl (C=O) groups excluding carboxylic acids is 2. The summed E-state index contributed by atoms with van der Waals surface area (Å²) >= 11 is 6.28. The van der Waals surface area contributed by atoms with Crippen molar-refractivity contribution in [1.82, 2.24) is 10.2 Å². The molecule has 5 nitrogen and oxygen atoms in total. The Balaban J connectivity index is 1.80. The number of anilines is 1. The Morgan fingerprint density at radius 1 is 1.26 bits per heavy atom. The molecule has 0 radical (unpaired) electrons. The average molecular weight is 394 g/mol. The van der Waals surface area contributed by atoms with E-state index >= 15 is 0 Å². The van der Waals surface area contributed by atoms with Crippen LogP contribution in [0.2, 0.25) is 5.02 Å². The normalized spacial score (nSPS) is 15.1. The van der Waals surface area contributed by atoms with Gasteiger partial charge in [0.25, 0.3) is 5.91 Å². The highest BCUT2D eigenvalue weighted by Crippen LogP contribution is 2.23. The first-order valence-electron chi connectivity index (χ1n) is 10.00. The van der Waals surface area contributed by atoms with Gasteiger partial charge in [-0.3, -0.25) is 9.59 Å². The van der Waals surface area contributed by atoms with Gasteiger partial charge in [-0.25, -0.2) is 0 Å². The van der Waals surface area contributed by atoms with Crippen LogP contribution in [-0.2, 0) is 4.79 Å². The van der Waals surface area contributed by atoms with Crippen molar-refractivity contribution in [3.63, 3.8) is 0 Å². The molecule has 1 fully saturated rings. The fraction of sp³-hybridized carbons (Fsp3) is 0.619. The zero-order chi connectivity index (χ0) is 19.8. The molecule has 0 bridgehead atoms. The summed E-state index contributed by atoms with van der Waals surface area (Å²) in [6.45, 7) is 9.36. The van der Waals surface area contributed by atoms with Gasteiger partial charge in [0.05, 0.1) is 10.6 Å². The van der Waals surface area contributed by atoms with E-state index in [-0.39, 0.29) is 11.8 Å². The van der Waals surface area contributed by atoms with Crippen molar-refractivity contribution in [2.24, 2.45) is 11.8 Å². The third-order valence-electron chi connectivity index (χ3n) is 4.89. The van der Waals surface area contributed by atoms with E-state index in [1.165, 1.54) is 0 Å². The number of likely N-dealkylation sites (tertiary alicyclic amines) is 1. The molecule has 27 heavy (non-hydrogen) atoms. The number of carbonyl (C=O) groups is 2. The highest BCUT2D eigenvalue weighted by molar-refractivity contribution is 6.34. The van der Waals surface area contributed by atoms with Crippen LogP contribution >= 0.6 is 11.6 Å². The molecular weight excluding hydrogens is 362 g/mol. The molecule has 0 spiro atoms. The molecule has 1 aromatic rings. The maximum atomic E-state index is 12.1. The van der Waals surface area contributed by atoms with Gasteiger partial charge in [-0.05, 0) is 49.3 Å². The zero-order valence-corrected chi connectivity index (χ0v) is 17.4. The molecule has 1 aliphatic rings. The van der Waals surface area contributed by atoms with Crippen LogP contribution in [0.1, 0.15) is 56.8 Å². The first-order chi connectivity index (χ1) is 12.9. The van der Waals surface area contributed by atoms with Crippen molar-refractivity contribution in [2.75, 3.05) is 31.5 Å². The summed E-state index contributed by atoms with van der Waals surface area (Å²) in [5.74, 6) is 1.10. The number of nitrogens with zero attached hydrogens (tertiary/aromatic N) is 1. The van der Waals surface area contributed by atoms with E-state index in [9.17, 15) is 9.59 Å². The topological polar surface area (TPSA) is 61.4 Å². The van der Waals surface area contributed by atoms with Crippen molar-refractivity contribution in [2.45, 2.75) is 46.5 Å². The lowest BCUT2D eigenvalue weighted by atomic mass is 9.96. The van der Waals surface area contributed by atoms with Gasteiger partial charge in [0.15, 0.2) is 0 Å². The van der Waals surface area contributed by atoms with Gasteiger partial charge in [-0.1, -0.05) is 32.4 Å². The Morgan fingerprint density at radius 2 is 1.96 bits per heavy atom. The SMILES string of the molecule is CCCNC(=O)c1ccc(NCC2CCN(C(=O)CC(C)C)CC2)cc1Cl. The van der Waals surface area contributed by atoms with E-state index in [0.29, 0.717) is 35.4 Å².